The highest BCUT2D eigenvalue weighted by Crippen LogP contribution is 2.36. The average Bonchev–Trinajstić information content (AvgIpc) is 2.84. The number of hydrogen-bond acceptors (Lipinski definition) is 1. The van der Waals surface area contributed by atoms with Crippen molar-refractivity contribution in [2.24, 2.45) is 23.7 Å². The van der Waals surface area contributed by atoms with Gasteiger partial charge in [0.25, 0.3) is 0 Å². The van der Waals surface area contributed by atoms with Crippen LogP contribution in [0.3, 0.4) is 0 Å². The van der Waals surface area contributed by atoms with Gasteiger partial charge in [-0.05, 0) is 67.1 Å². The third-order valence-corrected chi connectivity index (χ3v) is 8.95. The van der Waals surface area contributed by atoms with E-state index in [4.69, 9.17) is 16.3 Å². The minimum Gasteiger partial charge on any atom is -0.492 e. The van der Waals surface area contributed by atoms with Gasteiger partial charge in [0, 0.05) is 0 Å². The highest BCUT2D eigenvalue weighted by molar-refractivity contribution is 6.32. The lowest BCUT2D eigenvalue weighted by Gasteiger charge is -2.29. The van der Waals surface area contributed by atoms with Crippen molar-refractivity contribution in [3.63, 3.8) is 0 Å². The molecule has 33 heavy (non-hydrogen) atoms. The van der Waals surface area contributed by atoms with Gasteiger partial charge < -0.3 is 4.74 Å². The summed E-state index contributed by atoms with van der Waals surface area (Å²) in [6, 6.07) is 6.54. The van der Waals surface area contributed by atoms with Crippen molar-refractivity contribution in [3.05, 3.63) is 28.8 Å². The normalized spacial score (nSPS) is 25.8. The zero-order valence-electron chi connectivity index (χ0n) is 21.8. The van der Waals surface area contributed by atoms with Crippen molar-refractivity contribution in [2.75, 3.05) is 6.61 Å². The summed E-state index contributed by atoms with van der Waals surface area (Å²) in [5, 5.41) is 0.805. The monoisotopic (exact) mass is 474 g/mol. The summed E-state index contributed by atoms with van der Waals surface area (Å²) >= 11 is 6.61. The first-order valence-corrected chi connectivity index (χ1v) is 15.0. The Kier molecular flexibility index (Phi) is 12.5. The maximum Gasteiger partial charge on any atom is 0.137 e. The lowest BCUT2D eigenvalue weighted by Crippen LogP contribution is -2.20. The molecule has 0 aromatic heterocycles. The van der Waals surface area contributed by atoms with Crippen LogP contribution in [0.5, 0.6) is 5.75 Å². The summed E-state index contributed by atoms with van der Waals surface area (Å²) < 4.78 is 6.15. The van der Waals surface area contributed by atoms with E-state index >= 15 is 0 Å². The van der Waals surface area contributed by atoms with Crippen LogP contribution in [0.2, 0.25) is 5.02 Å². The maximum absolute atomic E-state index is 6.61. The molecule has 0 saturated heterocycles. The molecule has 0 spiro atoms. The van der Waals surface area contributed by atoms with E-state index in [-0.39, 0.29) is 0 Å². The summed E-state index contributed by atoms with van der Waals surface area (Å²) in [5.41, 5.74) is 1.38. The fourth-order valence-electron chi connectivity index (χ4n) is 6.34. The molecule has 2 fully saturated rings. The highest BCUT2D eigenvalue weighted by Gasteiger charge is 2.22. The fraction of sp³-hybridized carbons (Fsp3) is 0.806. The smallest absolute Gasteiger partial charge is 0.137 e. The molecular weight excluding hydrogens is 424 g/mol. The van der Waals surface area contributed by atoms with E-state index in [2.05, 4.69) is 32.0 Å². The van der Waals surface area contributed by atoms with Gasteiger partial charge in [-0.3, -0.25) is 0 Å². The van der Waals surface area contributed by atoms with Crippen molar-refractivity contribution < 1.29 is 4.74 Å². The molecule has 1 aromatic rings. The van der Waals surface area contributed by atoms with E-state index in [1.165, 1.54) is 115 Å². The lowest BCUT2D eigenvalue weighted by molar-refractivity contribution is 0.179. The van der Waals surface area contributed by atoms with Crippen molar-refractivity contribution in [3.8, 4) is 5.75 Å². The van der Waals surface area contributed by atoms with E-state index in [1.54, 1.807) is 0 Å². The quantitative estimate of drug-likeness (QED) is 0.243. The molecule has 0 heterocycles. The van der Waals surface area contributed by atoms with Gasteiger partial charge in [-0.25, -0.2) is 0 Å². The van der Waals surface area contributed by atoms with Crippen LogP contribution in [-0.4, -0.2) is 6.61 Å². The topological polar surface area (TPSA) is 9.23 Å². The molecule has 0 unspecified atom stereocenters. The van der Waals surface area contributed by atoms with Crippen LogP contribution in [0.4, 0.5) is 0 Å². The summed E-state index contributed by atoms with van der Waals surface area (Å²) in [6.45, 7) is 5.44. The first-order chi connectivity index (χ1) is 16.2. The van der Waals surface area contributed by atoms with Gasteiger partial charge in [-0.15, -0.1) is 0 Å². The Balaban J connectivity index is 1.30. The molecule has 0 bridgehead atoms. The molecule has 2 heteroatoms. The molecule has 1 nitrogen and oxygen atoms in total. The third-order valence-electron chi connectivity index (χ3n) is 8.66. The molecule has 0 N–H and O–H groups in total. The summed E-state index contributed by atoms with van der Waals surface area (Å²) in [6.07, 6.45) is 25.0. The predicted octanol–water partition coefficient (Wildman–Crippen LogP) is 10.4. The number of aryl methyl sites for hydroxylation is 1. The number of unbranched alkanes of at least 4 members (excludes halogenated alkanes) is 4. The Morgan fingerprint density at radius 2 is 1.30 bits per heavy atom. The maximum atomic E-state index is 6.61. The van der Waals surface area contributed by atoms with Gasteiger partial charge in [0.15, 0.2) is 0 Å². The first kappa shape index (κ1) is 26.9. The van der Waals surface area contributed by atoms with Gasteiger partial charge >= 0.3 is 0 Å². The fourth-order valence-corrected chi connectivity index (χ4v) is 6.59. The van der Waals surface area contributed by atoms with Crippen LogP contribution in [-0.2, 0) is 6.42 Å². The minimum atomic E-state index is 0.709. The van der Waals surface area contributed by atoms with Gasteiger partial charge in [-0.1, -0.05) is 121 Å². The first-order valence-electron chi connectivity index (χ1n) is 14.6. The van der Waals surface area contributed by atoms with Crippen LogP contribution >= 0.6 is 11.6 Å². The van der Waals surface area contributed by atoms with E-state index in [1.807, 2.05) is 0 Å². The number of ether oxygens (including phenoxy) is 1. The van der Waals surface area contributed by atoms with Gasteiger partial charge in [0.2, 0.25) is 0 Å². The standard InChI is InChI=1S/C31H51ClO/c1-3-5-6-7-8-10-26-11-13-27(14-12-26)15-18-28-21-22-31(30(32)23-28)33-24-29-19-16-25(9-4-2)17-20-29/h21-23,25-27,29H,3-20,24H2,1-2H3. The Hall–Kier alpha value is -0.690. The third kappa shape index (κ3) is 9.83. The molecule has 0 radical (unpaired) electrons. The number of benzene rings is 1. The van der Waals surface area contributed by atoms with Gasteiger partial charge in [0.05, 0.1) is 11.6 Å². The molecule has 0 atom stereocenters. The van der Waals surface area contributed by atoms with Crippen LogP contribution in [0, 0.1) is 23.7 Å². The molecule has 2 aliphatic carbocycles. The zero-order chi connectivity index (χ0) is 23.3. The molecular formula is C31H51ClO. The Morgan fingerprint density at radius 1 is 0.697 bits per heavy atom. The molecule has 3 rings (SSSR count). The molecule has 2 aliphatic rings. The van der Waals surface area contributed by atoms with Crippen LogP contribution in [0.15, 0.2) is 18.2 Å². The second-order valence-electron chi connectivity index (χ2n) is 11.4. The van der Waals surface area contributed by atoms with E-state index in [0.717, 1.165) is 41.6 Å². The number of halogens is 1. The van der Waals surface area contributed by atoms with Crippen molar-refractivity contribution in [1.82, 2.24) is 0 Å². The van der Waals surface area contributed by atoms with Crippen LogP contribution < -0.4 is 4.74 Å². The summed E-state index contributed by atoms with van der Waals surface area (Å²) in [5.74, 6) is 4.48. The van der Waals surface area contributed by atoms with Crippen molar-refractivity contribution in [1.29, 1.82) is 0 Å². The number of hydrogen-bond donors (Lipinski definition) is 0. The number of rotatable bonds is 14. The molecule has 0 amide bonds. The lowest BCUT2D eigenvalue weighted by atomic mass is 9.77. The molecule has 1 aromatic carbocycles. The predicted molar refractivity (Wildman–Crippen MR) is 144 cm³/mol. The van der Waals surface area contributed by atoms with E-state index in [0.29, 0.717) is 5.92 Å². The highest BCUT2D eigenvalue weighted by atomic mass is 35.5. The Bertz CT molecular complexity index is 640. The van der Waals surface area contributed by atoms with Crippen molar-refractivity contribution in [2.45, 2.75) is 129 Å². The molecule has 0 aliphatic heterocycles. The van der Waals surface area contributed by atoms with Crippen LogP contribution in [0.1, 0.15) is 129 Å². The second-order valence-corrected chi connectivity index (χ2v) is 11.8. The SMILES string of the molecule is CCCCCCCC1CCC(CCc2ccc(OCC3CCC(CCC)CC3)c(Cl)c2)CC1. The Labute approximate surface area is 210 Å². The van der Waals surface area contributed by atoms with Crippen molar-refractivity contribution >= 4 is 11.6 Å². The second kappa shape index (κ2) is 15.3. The molecule has 2 saturated carbocycles. The Morgan fingerprint density at radius 3 is 1.94 bits per heavy atom. The molecule has 188 valence electrons. The van der Waals surface area contributed by atoms with Gasteiger partial charge in [-0.2, -0.15) is 0 Å². The summed E-state index contributed by atoms with van der Waals surface area (Å²) in [4.78, 5) is 0. The van der Waals surface area contributed by atoms with E-state index < -0.39 is 0 Å². The largest absolute Gasteiger partial charge is 0.492 e. The average molecular weight is 475 g/mol. The van der Waals surface area contributed by atoms with Gasteiger partial charge in [0.1, 0.15) is 5.75 Å². The zero-order valence-corrected chi connectivity index (χ0v) is 22.5. The van der Waals surface area contributed by atoms with E-state index in [9.17, 15) is 0 Å². The van der Waals surface area contributed by atoms with Crippen LogP contribution in [0.25, 0.3) is 0 Å². The summed E-state index contributed by atoms with van der Waals surface area (Å²) in [7, 11) is 0. The minimum absolute atomic E-state index is 0.709.